The summed E-state index contributed by atoms with van der Waals surface area (Å²) in [5, 5.41) is 4.14. The Labute approximate surface area is 107 Å². The monoisotopic (exact) mass is 297 g/mol. The number of hydrogen-bond donors (Lipinski definition) is 1. The first-order valence-corrected chi connectivity index (χ1v) is 6.62. The maximum absolute atomic E-state index is 4.61. The van der Waals surface area contributed by atoms with Crippen molar-refractivity contribution in [1.82, 2.24) is 15.3 Å². The van der Waals surface area contributed by atoms with Gasteiger partial charge in [-0.1, -0.05) is 0 Å². The summed E-state index contributed by atoms with van der Waals surface area (Å²) < 4.78 is 1.11. The van der Waals surface area contributed by atoms with Crippen LogP contribution in [0.3, 0.4) is 0 Å². The molecule has 0 amide bonds. The molecule has 5 heteroatoms. The standard InChI is InChI=1S/C11H12BrN3S/c1-13-6-4-9-10(12)16-11(15-9)8-3-2-5-14-7-8/h2-3,5,7,13H,4,6H2,1H3. The zero-order chi connectivity index (χ0) is 11.4. The molecule has 2 heterocycles. The topological polar surface area (TPSA) is 37.8 Å². The second-order valence-corrected chi connectivity index (χ2v) is 5.65. The molecule has 3 nitrogen and oxygen atoms in total. The van der Waals surface area contributed by atoms with E-state index < -0.39 is 0 Å². The summed E-state index contributed by atoms with van der Waals surface area (Å²) in [7, 11) is 1.95. The normalized spacial score (nSPS) is 10.6. The molecule has 84 valence electrons. The highest BCUT2D eigenvalue weighted by molar-refractivity contribution is 9.11. The first-order chi connectivity index (χ1) is 7.81. The van der Waals surface area contributed by atoms with Gasteiger partial charge in [0.15, 0.2) is 0 Å². The van der Waals surface area contributed by atoms with Crippen LogP contribution in [0.15, 0.2) is 28.3 Å². The van der Waals surface area contributed by atoms with E-state index in [-0.39, 0.29) is 0 Å². The number of rotatable bonds is 4. The highest BCUT2D eigenvalue weighted by Gasteiger charge is 2.09. The molecule has 0 aliphatic heterocycles. The number of nitrogens with one attached hydrogen (secondary N) is 1. The average molecular weight is 298 g/mol. The Morgan fingerprint density at radius 2 is 2.38 bits per heavy atom. The molecule has 2 rings (SSSR count). The van der Waals surface area contributed by atoms with Gasteiger partial charge in [0, 0.05) is 30.9 Å². The Balaban J connectivity index is 2.24. The fourth-order valence-electron chi connectivity index (χ4n) is 1.34. The van der Waals surface area contributed by atoms with Crippen molar-refractivity contribution in [2.75, 3.05) is 13.6 Å². The molecule has 0 aliphatic carbocycles. The molecule has 0 aromatic carbocycles. The third-order valence-electron chi connectivity index (χ3n) is 2.17. The molecule has 0 spiro atoms. The molecule has 0 unspecified atom stereocenters. The molecule has 0 saturated heterocycles. The van der Waals surface area contributed by atoms with Gasteiger partial charge in [-0.2, -0.15) is 0 Å². The van der Waals surface area contributed by atoms with Gasteiger partial charge in [0.2, 0.25) is 0 Å². The van der Waals surface area contributed by atoms with Crippen LogP contribution in [0.2, 0.25) is 0 Å². The fourth-order valence-corrected chi connectivity index (χ4v) is 2.92. The lowest BCUT2D eigenvalue weighted by molar-refractivity contribution is 0.779. The second-order valence-electron chi connectivity index (χ2n) is 3.33. The van der Waals surface area contributed by atoms with Gasteiger partial charge in [0.25, 0.3) is 0 Å². The molecule has 0 saturated carbocycles. The molecule has 0 radical (unpaired) electrons. The van der Waals surface area contributed by atoms with E-state index >= 15 is 0 Å². The predicted octanol–water partition coefficient (Wildman–Crippen LogP) is 2.73. The summed E-state index contributed by atoms with van der Waals surface area (Å²) in [6.07, 6.45) is 4.55. The van der Waals surface area contributed by atoms with Crippen molar-refractivity contribution in [3.63, 3.8) is 0 Å². The third-order valence-corrected chi connectivity index (χ3v) is 4.05. The maximum atomic E-state index is 4.61. The first-order valence-electron chi connectivity index (χ1n) is 5.01. The minimum absolute atomic E-state index is 0.938. The van der Waals surface area contributed by atoms with Crippen molar-refractivity contribution in [2.45, 2.75) is 6.42 Å². The number of halogens is 1. The van der Waals surface area contributed by atoms with Crippen LogP contribution < -0.4 is 5.32 Å². The van der Waals surface area contributed by atoms with Crippen LogP contribution in [0.1, 0.15) is 5.69 Å². The number of likely N-dealkylation sites (N-methyl/N-ethyl adjacent to an activating group) is 1. The van der Waals surface area contributed by atoms with Crippen molar-refractivity contribution in [1.29, 1.82) is 0 Å². The maximum Gasteiger partial charge on any atom is 0.126 e. The second kappa shape index (κ2) is 5.52. The van der Waals surface area contributed by atoms with Crippen LogP contribution in [-0.2, 0) is 6.42 Å². The molecule has 16 heavy (non-hydrogen) atoms. The van der Waals surface area contributed by atoms with Crippen molar-refractivity contribution in [3.05, 3.63) is 34.0 Å². The van der Waals surface area contributed by atoms with E-state index in [9.17, 15) is 0 Å². The molecule has 0 atom stereocenters. The zero-order valence-electron chi connectivity index (χ0n) is 8.90. The Morgan fingerprint density at radius 3 is 3.06 bits per heavy atom. The van der Waals surface area contributed by atoms with Gasteiger partial charge >= 0.3 is 0 Å². The molecule has 0 aliphatic rings. The molecule has 2 aromatic heterocycles. The lowest BCUT2D eigenvalue weighted by atomic mass is 10.3. The van der Waals surface area contributed by atoms with Gasteiger partial charge in [-0.15, -0.1) is 11.3 Å². The van der Waals surface area contributed by atoms with Crippen LogP contribution in [-0.4, -0.2) is 23.6 Å². The largest absolute Gasteiger partial charge is 0.319 e. The molecule has 0 bridgehead atoms. The van der Waals surface area contributed by atoms with Gasteiger partial charge in [-0.05, 0) is 35.1 Å². The number of thiazole rings is 1. The fraction of sp³-hybridized carbons (Fsp3) is 0.273. The summed E-state index contributed by atoms with van der Waals surface area (Å²) >= 11 is 5.21. The minimum atomic E-state index is 0.938. The minimum Gasteiger partial charge on any atom is -0.319 e. The predicted molar refractivity (Wildman–Crippen MR) is 70.7 cm³/mol. The lowest BCUT2D eigenvalue weighted by Gasteiger charge is -1.95. The molecule has 0 fully saturated rings. The quantitative estimate of drug-likeness (QED) is 0.943. The average Bonchev–Trinajstić information content (AvgIpc) is 2.69. The van der Waals surface area contributed by atoms with Gasteiger partial charge in [0.05, 0.1) is 9.48 Å². The van der Waals surface area contributed by atoms with Gasteiger partial charge in [-0.3, -0.25) is 4.98 Å². The Bertz CT molecular complexity index is 456. The molecule has 1 N–H and O–H groups in total. The van der Waals surface area contributed by atoms with Crippen LogP contribution in [0.25, 0.3) is 10.6 Å². The van der Waals surface area contributed by atoms with E-state index in [4.69, 9.17) is 0 Å². The highest BCUT2D eigenvalue weighted by atomic mass is 79.9. The van der Waals surface area contributed by atoms with Crippen LogP contribution in [0.4, 0.5) is 0 Å². The molecular formula is C11H12BrN3S. The third kappa shape index (κ3) is 2.66. The smallest absolute Gasteiger partial charge is 0.126 e. The van der Waals surface area contributed by atoms with E-state index in [1.165, 1.54) is 0 Å². The van der Waals surface area contributed by atoms with Crippen molar-refractivity contribution < 1.29 is 0 Å². The van der Waals surface area contributed by atoms with Crippen LogP contribution in [0, 0.1) is 0 Å². The van der Waals surface area contributed by atoms with E-state index in [1.54, 1.807) is 17.5 Å². The number of hydrogen-bond acceptors (Lipinski definition) is 4. The summed E-state index contributed by atoms with van der Waals surface area (Å²) in [6.45, 7) is 0.939. The Hall–Kier alpha value is -0.780. The van der Waals surface area contributed by atoms with E-state index in [2.05, 4.69) is 31.2 Å². The summed E-state index contributed by atoms with van der Waals surface area (Å²) in [4.78, 5) is 8.71. The van der Waals surface area contributed by atoms with Crippen molar-refractivity contribution in [3.8, 4) is 10.6 Å². The molecule has 2 aromatic rings. The zero-order valence-corrected chi connectivity index (χ0v) is 11.3. The molecular weight excluding hydrogens is 286 g/mol. The number of pyridine rings is 1. The van der Waals surface area contributed by atoms with Crippen molar-refractivity contribution >= 4 is 27.3 Å². The van der Waals surface area contributed by atoms with E-state index in [0.29, 0.717) is 0 Å². The SMILES string of the molecule is CNCCc1nc(-c2cccnc2)sc1Br. The number of nitrogens with zero attached hydrogens (tertiary/aromatic N) is 2. The van der Waals surface area contributed by atoms with Crippen LogP contribution >= 0.6 is 27.3 Å². The lowest BCUT2D eigenvalue weighted by Crippen LogP contribution is -2.10. The van der Waals surface area contributed by atoms with E-state index in [0.717, 1.165) is 33.0 Å². The summed E-state index contributed by atoms with van der Waals surface area (Å²) in [5.74, 6) is 0. The van der Waals surface area contributed by atoms with Gasteiger partial charge < -0.3 is 5.32 Å². The Morgan fingerprint density at radius 1 is 1.50 bits per heavy atom. The Kier molecular flexibility index (Phi) is 4.04. The van der Waals surface area contributed by atoms with Crippen LogP contribution in [0.5, 0.6) is 0 Å². The van der Waals surface area contributed by atoms with Gasteiger partial charge in [-0.25, -0.2) is 4.98 Å². The van der Waals surface area contributed by atoms with E-state index in [1.807, 2.05) is 25.4 Å². The summed E-state index contributed by atoms with van der Waals surface area (Å²) in [5.41, 5.74) is 2.18. The number of aromatic nitrogens is 2. The van der Waals surface area contributed by atoms with Crippen molar-refractivity contribution in [2.24, 2.45) is 0 Å². The van der Waals surface area contributed by atoms with Gasteiger partial charge in [0.1, 0.15) is 5.01 Å². The highest BCUT2D eigenvalue weighted by Crippen LogP contribution is 2.31. The summed E-state index contributed by atoms with van der Waals surface area (Å²) in [6, 6.07) is 3.96. The first kappa shape index (κ1) is 11.7.